The molecule has 2 N–H and O–H groups in total. The zero-order valence-electron chi connectivity index (χ0n) is 22.6. The van der Waals surface area contributed by atoms with Crippen molar-refractivity contribution < 1.29 is 22.5 Å². The third-order valence-electron chi connectivity index (χ3n) is 11.5. The Morgan fingerprint density at radius 1 is 1.09 bits per heavy atom. The van der Waals surface area contributed by atoms with Gasteiger partial charge in [0.15, 0.2) is 0 Å². The molecule has 4 aliphatic carbocycles. The normalized spacial score (nSPS) is 44.1. The summed E-state index contributed by atoms with van der Waals surface area (Å²) in [6, 6.07) is 0. The van der Waals surface area contributed by atoms with Crippen LogP contribution in [0.4, 0.5) is 0 Å². The van der Waals surface area contributed by atoms with Gasteiger partial charge in [0.2, 0.25) is 5.91 Å². The van der Waals surface area contributed by atoms with E-state index in [2.05, 4.69) is 37.2 Å². The molecule has 0 aromatic carbocycles. The summed E-state index contributed by atoms with van der Waals surface area (Å²) in [4.78, 5) is 12.3. The molecule has 7 heteroatoms. The van der Waals surface area contributed by atoms with Crippen LogP contribution < -0.4 is 5.32 Å². The summed E-state index contributed by atoms with van der Waals surface area (Å²) in [7, 11) is -2.40. The Bertz CT molecular complexity index is 877. The molecule has 10 atom stereocenters. The molecule has 4 fully saturated rings. The smallest absolute Gasteiger partial charge is 0.268 e. The highest BCUT2D eigenvalue weighted by Crippen LogP contribution is 2.68. The third-order valence-corrected chi connectivity index (χ3v) is 12.7. The highest BCUT2D eigenvalue weighted by atomic mass is 32.2. The van der Waals surface area contributed by atoms with Crippen molar-refractivity contribution in [3.05, 3.63) is 0 Å². The van der Waals surface area contributed by atoms with E-state index in [9.17, 15) is 18.3 Å². The van der Waals surface area contributed by atoms with Gasteiger partial charge in [0.1, 0.15) is 0 Å². The number of hydrogen-bond donors (Lipinski definition) is 2. The second-order valence-electron chi connectivity index (χ2n) is 13.2. The summed E-state index contributed by atoms with van der Waals surface area (Å²) >= 11 is 0. The molecule has 35 heavy (non-hydrogen) atoms. The topological polar surface area (TPSA) is 92.7 Å². The zero-order chi connectivity index (χ0) is 25.6. The fourth-order valence-corrected chi connectivity index (χ4v) is 9.98. The number of aliphatic hydroxyl groups excluding tert-OH is 1. The number of hydrogen-bond acceptors (Lipinski definition) is 5. The monoisotopic (exact) mass is 511 g/mol. The summed E-state index contributed by atoms with van der Waals surface area (Å²) in [5.41, 5.74) is 0.644. The van der Waals surface area contributed by atoms with Crippen LogP contribution in [0.3, 0.4) is 0 Å². The maximum atomic E-state index is 12.3. The van der Waals surface area contributed by atoms with E-state index in [0.29, 0.717) is 47.3 Å². The average Bonchev–Trinajstić information content (AvgIpc) is 3.16. The number of amides is 1. The Labute approximate surface area is 213 Å². The first kappa shape index (κ1) is 27.4. The van der Waals surface area contributed by atoms with E-state index in [1.165, 1.54) is 44.9 Å². The predicted octanol–water partition coefficient (Wildman–Crippen LogP) is 4.76. The van der Waals surface area contributed by atoms with Gasteiger partial charge in [-0.2, -0.15) is 8.42 Å². The van der Waals surface area contributed by atoms with E-state index in [1.54, 1.807) is 0 Å². The molecule has 1 amide bonds. The van der Waals surface area contributed by atoms with Crippen molar-refractivity contribution in [2.24, 2.45) is 52.3 Å². The Hall–Kier alpha value is -0.660. The first-order valence-electron chi connectivity index (χ1n) is 14.1. The fraction of sp³-hybridized carbons (Fsp3) is 0.964. The molecular formula is C28H49NO5S. The molecule has 4 saturated carbocycles. The molecule has 4 aliphatic rings. The Kier molecular flexibility index (Phi) is 8.01. The highest BCUT2D eigenvalue weighted by molar-refractivity contribution is 7.86. The Balaban J connectivity index is 1.37. The molecule has 0 aromatic rings. The van der Waals surface area contributed by atoms with Gasteiger partial charge >= 0.3 is 0 Å². The Morgan fingerprint density at radius 3 is 2.49 bits per heavy atom. The van der Waals surface area contributed by atoms with Gasteiger partial charge in [0, 0.05) is 13.0 Å². The number of aliphatic hydroxyl groups is 1. The van der Waals surface area contributed by atoms with Gasteiger partial charge in [-0.1, -0.05) is 34.1 Å². The number of carbonyl (C=O) groups is 1. The zero-order valence-corrected chi connectivity index (χ0v) is 23.4. The van der Waals surface area contributed by atoms with E-state index in [-0.39, 0.29) is 29.7 Å². The second kappa shape index (κ2) is 10.2. The third kappa shape index (κ3) is 5.20. The van der Waals surface area contributed by atoms with Gasteiger partial charge in [0.25, 0.3) is 10.1 Å². The summed E-state index contributed by atoms with van der Waals surface area (Å²) in [6.45, 7) is 9.82. The molecule has 4 rings (SSSR count). The van der Waals surface area contributed by atoms with Gasteiger partial charge in [-0.3, -0.25) is 8.98 Å². The van der Waals surface area contributed by atoms with E-state index < -0.39 is 10.1 Å². The van der Waals surface area contributed by atoms with Crippen LogP contribution in [0, 0.1) is 52.3 Å². The van der Waals surface area contributed by atoms with Gasteiger partial charge in [-0.25, -0.2) is 0 Å². The number of nitrogens with one attached hydrogen (secondary N) is 1. The van der Waals surface area contributed by atoms with Crippen molar-refractivity contribution >= 4 is 16.0 Å². The predicted molar refractivity (Wildman–Crippen MR) is 138 cm³/mol. The minimum atomic E-state index is -3.55. The molecule has 202 valence electrons. The molecule has 6 nitrogen and oxygen atoms in total. The molecular weight excluding hydrogens is 462 g/mol. The minimum Gasteiger partial charge on any atom is -0.393 e. The SMILES string of the molecule is COS(=O)(=O)CCNC(=O)CC[C@@H](C)[C@H]1CC[C@H]2[C@@H]3[C@H](O)C[C@@H]4C[C@H](C)CC[C@]4(C)[C@H]3CC[C@]12C. The lowest BCUT2D eigenvalue weighted by atomic mass is 9.43. The molecule has 0 spiro atoms. The van der Waals surface area contributed by atoms with Crippen LogP contribution in [0.5, 0.6) is 0 Å². The van der Waals surface area contributed by atoms with Crippen molar-refractivity contribution in [3.63, 3.8) is 0 Å². The van der Waals surface area contributed by atoms with E-state index in [0.717, 1.165) is 25.9 Å². The average molecular weight is 512 g/mol. The lowest BCUT2D eigenvalue weighted by molar-refractivity contribution is -0.168. The number of carbonyl (C=O) groups excluding carboxylic acids is 1. The quantitative estimate of drug-likeness (QED) is 0.458. The summed E-state index contributed by atoms with van der Waals surface area (Å²) in [5.74, 6) is 3.90. The van der Waals surface area contributed by atoms with Gasteiger partial charge in [-0.05, 0) is 104 Å². The molecule has 0 unspecified atom stereocenters. The van der Waals surface area contributed by atoms with E-state index in [1.807, 2.05) is 0 Å². The van der Waals surface area contributed by atoms with Crippen LogP contribution in [-0.2, 0) is 19.1 Å². The van der Waals surface area contributed by atoms with Crippen LogP contribution in [0.1, 0.15) is 91.9 Å². The molecule has 0 radical (unpaired) electrons. The largest absolute Gasteiger partial charge is 0.393 e. The van der Waals surface area contributed by atoms with Crippen LogP contribution in [0.15, 0.2) is 0 Å². The maximum absolute atomic E-state index is 12.3. The van der Waals surface area contributed by atoms with Crippen molar-refractivity contribution in [2.45, 2.75) is 98.0 Å². The highest BCUT2D eigenvalue weighted by Gasteiger charge is 2.62. The molecule has 0 aromatic heterocycles. The van der Waals surface area contributed by atoms with Crippen LogP contribution in [0.25, 0.3) is 0 Å². The van der Waals surface area contributed by atoms with Gasteiger partial charge in [0.05, 0.1) is 19.0 Å². The van der Waals surface area contributed by atoms with Crippen molar-refractivity contribution in [2.75, 3.05) is 19.4 Å². The van der Waals surface area contributed by atoms with Crippen LogP contribution in [-0.4, -0.2) is 44.9 Å². The molecule has 0 bridgehead atoms. The van der Waals surface area contributed by atoms with E-state index >= 15 is 0 Å². The maximum Gasteiger partial charge on any atom is 0.268 e. The van der Waals surface area contributed by atoms with Crippen LogP contribution >= 0.6 is 0 Å². The van der Waals surface area contributed by atoms with Crippen LogP contribution in [0.2, 0.25) is 0 Å². The van der Waals surface area contributed by atoms with Crippen molar-refractivity contribution in [3.8, 4) is 0 Å². The first-order valence-corrected chi connectivity index (χ1v) is 15.7. The molecule has 0 aliphatic heterocycles. The lowest BCUT2D eigenvalue weighted by Gasteiger charge is -2.62. The lowest BCUT2D eigenvalue weighted by Crippen LogP contribution is -2.58. The molecule has 0 saturated heterocycles. The van der Waals surface area contributed by atoms with Crippen molar-refractivity contribution in [1.82, 2.24) is 5.32 Å². The minimum absolute atomic E-state index is 0.0836. The first-order chi connectivity index (χ1) is 16.4. The molecule has 0 heterocycles. The number of rotatable bonds is 8. The van der Waals surface area contributed by atoms with Crippen molar-refractivity contribution in [1.29, 1.82) is 0 Å². The summed E-state index contributed by atoms with van der Waals surface area (Å²) in [6.07, 6.45) is 11.0. The summed E-state index contributed by atoms with van der Waals surface area (Å²) in [5, 5.41) is 14.2. The number of fused-ring (bicyclic) bond motifs is 5. The standard InChI is InChI=1S/C28H49NO5S/c1-18-10-12-27(3)20(16-18)17-24(30)26-22-8-7-21(28(22,4)13-11-23(26)27)19(2)6-9-25(31)29-14-15-35(32,33)34-5/h18-24,26,30H,6-17H2,1-5H3,(H,29,31)/t18-,19-,20+,21-,22+,23+,24-,26+,27+,28-/m1/s1. The van der Waals surface area contributed by atoms with Gasteiger partial charge < -0.3 is 10.4 Å². The summed E-state index contributed by atoms with van der Waals surface area (Å²) < 4.78 is 27.3. The van der Waals surface area contributed by atoms with Gasteiger partial charge in [-0.15, -0.1) is 0 Å². The Morgan fingerprint density at radius 2 is 1.77 bits per heavy atom. The van der Waals surface area contributed by atoms with E-state index in [4.69, 9.17) is 0 Å². The fourth-order valence-electron chi connectivity index (χ4n) is 9.46. The second-order valence-corrected chi connectivity index (χ2v) is 15.1.